The minimum absolute atomic E-state index is 0.0737. The molecule has 0 radical (unpaired) electrons. The summed E-state index contributed by atoms with van der Waals surface area (Å²) in [6.45, 7) is 6.66. The van der Waals surface area contributed by atoms with E-state index in [-0.39, 0.29) is 11.5 Å². The van der Waals surface area contributed by atoms with Gasteiger partial charge in [-0.05, 0) is 72.5 Å². The number of rotatable bonds is 7. The average Bonchev–Trinajstić information content (AvgIpc) is 2.95. The third kappa shape index (κ3) is 4.65. The van der Waals surface area contributed by atoms with E-state index in [2.05, 4.69) is 13.8 Å². The van der Waals surface area contributed by atoms with E-state index >= 15 is 0 Å². The Morgan fingerprint density at radius 2 is 1.59 bits per heavy atom. The number of benzene rings is 4. The first-order valence-corrected chi connectivity index (χ1v) is 12.9. The molecule has 1 atom stereocenters. The van der Waals surface area contributed by atoms with Gasteiger partial charge in [-0.1, -0.05) is 68.4 Å². The van der Waals surface area contributed by atoms with Gasteiger partial charge in [0.2, 0.25) is 0 Å². The fourth-order valence-electron chi connectivity index (χ4n) is 4.90. The molecule has 5 nitrogen and oxygen atoms in total. The number of fused-ring (bicyclic) bond motifs is 2. The van der Waals surface area contributed by atoms with E-state index in [4.69, 9.17) is 4.98 Å². The zero-order chi connectivity index (χ0) is 25.9. The Morgan fingerprint density at radius 3 is 2.32 bits per heavy atom. The Kier molecular flexibility index (Phi) is 6.87. The van der Waals surface area contributed by atoms with Gasteiger partial charge in [-0.15, -0.1) is 0 Å². The molecule has 0 fully saturated rings. The third-order valence-corrected chi connectivity index (χ3v) is 6.97. The van der Waals surface area contributed by atoms with E-state index in [1.54, 1.807) is 10.6 Å². The second-order valence-electron chi connectivity index (χ2n) is 9.38. The second-order valence-corrected chi connectivity index (χ2v) is 9.38. The average molecular weight is 490 g/mol. The van der Waals surface area contributed by atoms with Crippen LogP contribution in [0.5, 0.6) is 0 Å². The number of carbonyl (C=O) groups is 1. The predicted octanol–water partition coefficient (Wildman–Crippen LogP) is 6.71. The molecule has 0 saturated heterocycles. The van der Waals surface area contributed by atoms with Crippen LogP contribution < -0.4 is 5.56 Å². The molecular weight excluding hydrogens is 458 g/mol. The minimum atomic E-state index is -0.429. The summed E-state index contributed by atoms with van der Waals surface area (Å²) in [7, 11) is 0. The molecule has 0 aliphatic heterocycles. The van der Waals surface area contributed by atoms with Crippen molar-refractivity contribution in [3.8, 4) is 5.69 Å². The van der Waals surface area contributed by atoms with E-state index in [1.165, 1.54) is 5.56 Å². The van der Waals surface area contributed by atoms with E-state index in [0.29, 0.717) is 28.8 Å². The highest BCUT2D eigenvalue weighted by Crippen LogP contribution is 2.26. The van der Waals surface area contributed by atoms with Crippen LogP contribution in [-0.2, 0) is 6.42 Å². The Bertz CT molecular complexity index is 1640. The molecule has 0 N–H and O–H groups in total. The lowest BCUT2D eigenvalue weighted by Crippen LogP contribution is -2.38. The Morgan fingerprint density at radius 1 is 0.892 bits per heavy atom. The number of hydrogen-bond acceptors (Lipinski definition) is 3. The maximum Gasteiger partial charge on any atom is 0.266 e. The Labute approximate surface area is 217 Å². The van der Waals surface area contributed by atoms with Gasteiger partial charge < -0.3 is 4.90 Å². The first kappa shape index (κ1) is 24.4. The monoisotopic (exact) mass is 489 g/mol. The number of aryl methyl sites for hydroxylation is 1. The maximum atomic E-state index is 13.9. The van der Waals surface area contributed by atoms with Gasteiger partial charge >= 0.3 is 0 Å². The molecule has 0 aliphatic carbocycles. The molecule has 1 heterocycles. The number of carbonyl (C=O) groups excluding carboxylic acids is 1. The number of amides is 1. The SMILES string of the molecule is CCCN(C(=O)c1ccc2ccccc2c1)C(C)c1nc2ccccc2c(=O)n1-c1ccc(CC)cc1. The van der Waals surface area contributed by atoms with Crippen molar-refractivity contribution in [1.29, 1.82) is 0 Å². The highest BCUT2D eigenvalue weighted by atomic mass is 16.2. The summed E-state index contributed by atoms with van der Waals surface area (Å²) >= 11 is 0. The third-order valence-electron chi connectivity index (χ3n) is 6.97. The Hall–Kier alpha value is -4.25. The summed E-state index contributed by atoms with van der Waals surface area (Å²) in [4.78, 5) is 34.5. The minimum Gasteiger partial charge on any atom is -0.329 e. The zero-order valence-corrected chi connectivity index (χ0v) is 21.5. The van der Waals surface area contributed by atoms with Crippen molar-refractivity contribution in [1.82, 2.24) is 14.5 Å². The smallest absolute Gasteiger partial charge is 0.266 e. The van der Waals surface area contributed by atoms with E-state index in [1.807, 2.05) is 96.8 Å². The van der Waals surface area contributed by atoms with Crippen LogP contribution in [0.15, 0.2) is 95.8 Å². The summed E-state index contributed by atoms with van der Waals surface area (Å²) in [5.41, 5.74) is 3.06. The summed E-state index contributed by atoms with van der Waals surface area (Å²) in [5.74, 6) is 0.478. The van der Waals surface area contributed by atoms with Crippen molar-refractivity contribution in [3.63, 3.8) is 0 Å². The van der Waals surface area contributed by atoms with Gasteiger partial charge in [0.1, 0.15) is 5.82 Å². The first-order chi connectivity index (χ1) is 18.0. The summed E-state index contributed by atoms with van der Waals surface area (Å²) < 4.78 is 1.67. The van der Waals surface area contributed by atoms with Crippen LogP contribution in [-0.4, -0.2) is 26.9 Å². The van der Waals surface area contributed by atoms with E-state index < -0.39 is 6.04 Å². The molecule has 0 aliphatic rings. The van der Waals surface area contributed by atoms with Crippen LogP contribution in [0.3, 0.4) is 0 Å². The topological polar surface area (TPSA) is 55.2 Å². The van der Waals surface area contributed by atoms with Crippen molar-refractivity contribution >= 4 is 27.6 Å². The van der Waals surface area contributed by atoms with E-state index in [0.717, 1.165) is 29.3 Å². The quantitative estimate of drug-likeness (QED) is 0.255. The Balaban J connectivity index is 1.65. The molecule has 186 valence electrons. The molecule has 1 aromatic heterocycles. The summed E-state index contributed by atoms with van der Waals surface area (Å²) in [6, 6.07) is 28.8. The summed E-state index contributed by atoms with van der Waals surface area (Å²) in [5, 5.41) is 2.67. The normalized spacial score (nSPS) is 12.1. The van der Waals surface area contributed by atoms with Gasteiger partial charge in [0.25, 0.3) is 11.5 Å². The molecule has 4 aromatic carbocycles. The van der Waals surface area contributed by atoms with Crippen molar-refractivity contribution in [2.24, 2.45) is 0 Å². The molecule has 5 rings (SSSR count). The molecule has 0 spiro atoms. The van der Waals surface area contributed by atoms with Gasteiger partial charge in [-0.3, -0.25) is 14.2 Å². The standard InChI is InChI=1S/C32H31N3O2/c1-4-20-34(31(36)26-17-16-24-10-6-7-11-25(24)21-26)22(3)30-33-29-13-9-8-12-28(29)32(37)35(30)27-18-14-23(5-2)15-19-27/h6-19,21-22H,4-5,20H2,1-3H3. The number of aromatic nitrogens is 2. The van der Waals surface area contributed by atoms with Gasteiger partial charge in [0.05, 0.1) is 22.6 Å². The predicted molar refractivity (Wildman–Crippen MR) is 150 cm³/mol. The van der Waals surface area contributed by atoms with Crippen LogP contribution in [0.4, 0.5) is 0 Å². The van der Waals surface area contributed by atoms with Gasteiger partial charge in [-0.2, -0.15) is 0 Å². The molecule has 5 heteroatoms. The van der Waals surface area contributed by atoms with Crippen molar-refractivity contribution < 1.29 is 4.79 Å². The fourth-order valence-corrected chi connectivity index (χ4v) is 4.90. The zero-order valence-electron chi connectivity index (χ0n) is 21.5. The second kappa shape index (κ2) is 10.4. The molecular formula is C32H31N3O2. The van der Waals surface area contributed by atoms with Crippen LogP contribution in [0.1, 0.15) is 55.0 Å². The van der Waals surface area contributed by atoms with Crippen molar-refractivity contribution in [2.75, 3.05) is 6.54 Å². The fraction of sp³-hybridized carbons (Fsp3) is 0.219. The molecule has 5 aromatic rings. The lowest BCUT2D eigenvalue weighted by molar-refractivity contribution is 0.0681. The van der Waals surface area contributed by atoms with Crippen LogP contribution in [0.2, 0.25) is 0 Å². The molecule has 1 amide bonds. The lowest BCUT2D eigenvalue weighted by Gasteiger charge is -2.30. The highest BCUT2D eigenvalue weighted by molar-refractivity contribution is 5.98. The van der Waals surface area contributed by atoms with Gasteiger partial charge in [0.15, 0.2) is 0 Å². The van der Waals surface area contributed by atoms with E-state index in [9.17, 15) is 9.59 Å². The maximum absolute atomic E-state index is 13.9. The molecule has 0 bridgehead atoms. The summed E-state index contributed by atoms with van der Waals surface area (Å²) in [6.07, 6.45) is 1.70. The molecule has 37 heavy (non-hydrogen) atoms. The number of nitrogens with zero attached hydrogens (tertiary/aromatic N) is 3. The lowest BCUT2D eigenvalue weighted by atomic mass is 10.1. The van der Waals surface area contributed by atoms with Gasteiger partial charge in [-0.25, -0.2) is 4.98 Å². The van der Waals surface area contributed by atoms with Crippen molar-refractivity contribution in [2.45, 2.75) is 39.7 Å². The molecule has 1 unspecified atom stereocenters. The van der Waals surface area contributed by atoms with Crippen LogP contribution >= 0.6 is 0 Å². The highest BCUT2D eigenvalue weighted by Gasteiger charge is 2.27. The van der Waals surface area contributed by atoms with Crippen LogP contribution in [0.25, 0.3) is 27.4 Å². The van der Waals surface area contributed by atoms with Crippen LogP contribution in [0, 0.1) is 0 Å². The number of para-hydroxylation sites is 1. The van der Waals surface area contributed by atoms with Crippen molar-refractivity contribution in [3.05, 3.63) is 118 Å². The largest absolute Gasteiger partial charge is 0.329 e. The molecule has 0 saturated carbocycles. The first-order valence-electron chi connectivity index (χ1n) is 12.9. The number of hydrogen-bond donors (Lipinski definition) is 0. The van der Waals surface area contributed by atoms with Gasteiger partial charge in [0, 0.05) is 12.1 Å².